The minimum absolute atomic E-state index is 0.0752. The van der Waals surface area contributed by atoms with Gasteiger partial charge in [-0.2, -0.15) is 0 Å². The first-order chi connectivity index (χ1) is 21.7. The summed E-state index contributed by atoms with van der Waals surface area (Å²) >= 11 is 3.54. The molecule has 2 aliphatic rings. The van der Waals surface area contributed by atoms with Crippen LogP contribution in [0.1, 0.15) is 54.1 Å². The molecule has 0 radical (unpaired) electrons. The van der Waals surface area contributed by atoms with Crippen LogP contribution in [-0.2, 0) is 12.8 Å². The predicted octanol–water partition coefficient (Wildman–Crippen LogP) is 9.95. The van der Waals surface area contributed by atoms with E-state index in [1.54, 1.807) is 23.5 Å². The van der Waals surface area contributed by atoms with Crippen LogP contribution in [0.4, 0.5) is 0 Å². The lowest BCUT2D eigenvalue weighted by Gasteiger charge is -2.23. The number of ketones is 2. The molecule has 44 heavy (non-hydrogen) atoms. The lowest BCUT2D eigenvalue weighted by atomic mass is 9.90. The molecule has 2 aliphatic heterocycles. The van der Waals surface area contributed by atoms with Gasteiger partial charge in [-0.3, -0.25) is 9.59 Å². The van der Waals surface area contributed by atoms with E-state index in [2.05, 4.69) is 60.7 Å². The van der Waals surface area contributed by atoms with Crippen molar-refractivity contribution in [3.05, 3.63) is 190 Å². The van der Waals surface area contributed by atoms with E-state index in [0.29, 0.717) is 0 Å². The highest BCUT2D eigenvalue weighted by atomic mass is 32.2. The molecule has 0 aromatic heterocycles. The van der Waals surface area contributed by atoms with Crippen LogP contribution in [0.2, 0.25) is 0 Å². The molecule has 212 valence electrons. The first-order valence-electron chi connectivity index (χ1n) is 14.6. The molecule has 0 fully saturated rings. The zero-order chi connectivity index (χ0) is 29.9. The minimum Gasteiger partial charge on any atom is -0.289 e. The second kappa shape index (κ2) is 12.5. The average molecular weight is 605 g/mol. The van der Waals surface area contributed by atoms with E-state index in [1.165, 1.54) is 30.7 Å². The highest BCUT2D eigenvalue weighted by Gasteiger charge is 2.26. The molecule has 0 saturated heterocycles. The monoisotopic (exact) mass is 604 g/mol. The Kier molecular flexibility index (Phi) is 8.02. The molecule has 0 aliphatic carbocycles. The van der Waals surface area contributed by atoms with E-state index in [1.807, 2.05) is 84.9 Å². The van der Waals surface area contributed by atoms with Gasteiger partial charge in [0.25, 0.3) is 0 Å². The van der Waals surface area contributed by atoms with Crippen LogP contribution in [0.15, 0.2) is 165 Å². The molecule has 6 aromatic rings. The van der Waals surface area contributed by atoms with Crippen molar-refractivity contribution in [2.45, 2.75) is 32.4 Å². The van der Waals surface area contributed by atoms with Crippen LogP contribution < -0.4 is 0 Å². The number of hydrogen-bond donors (Lipinski definition) is 0. The second-order valence-electron chi connectivity index (χ2n) is 10.7. The van der Waals surface area contributed by atoms with Gasteiger partial charge in [0.05, 0.1) is 0 Å². The number of rotatable bonds is 4. The Hall–Kier alpha value is -4.64. The first kappa shape index (κ1) is 28.1. The topological polar surface area (TPSA) is 34.1 Å². The third kappa shape index (κ3) is 5.67. The van der Waals surface area contributed by atoms with Crippen molar-refractivity contribution in [3.8, 4) is 0 Å². The lowest BCUT2D eigenvalue weighted by molar-refractivity contribution is 0.103. The van der Waals surface area contributed by atoms with Crippen LogP contribution in [0.5, 0.6) is 0 Å². The standard InChI is InChI=1S/C27H18OS2.C13H10O/c28-27(19-9-5-13-25-21(19)15-17-7-1-3-11-23(17)29-25)20-10-6-14-26-22(20)16-18-8-2-4-12-24(18)30-26;14-13(11-7-3-1-4-8-11)12-9-5-2-6-10-12/h1-14H,15-16H2;1-10H. The van der Waals surface area contributed by atoms with Gasteiger partial charge in [-0.25, -0.2) is 0 Å². The molecule has 0 atom stereocenters. The van der Waals surface area contributed by atoms with Crippen molar-refractivity contribution >= 4 is 35.1 Å². The van der Waals surface area contributed by atoms with Crippen molar-refractivity contribution in [2.24, 2.45) is 0 Å². The fourth-order valence-electron chi connectivity index (χ4n) is 5.72. The van der Waals surface area contributed by atoms with Gasteiger partial charge in [0, 0.05) is 54.7 Å². The number of carbonyl (C=O) groups is 2. The maximum absolute atomic E-state index is 13.8. The number of benzene rings is 6. The lowest BCUT2D eigenvalue weighted by Crippen LogP contribution is -2.13. The van der Waals surface area contributed by atoms with Crippen LogP contribution in [-0.4, -0.2) is 11.6 Å². The summed E-state index contributed by atoms with van der Waals surface area (Å²) in [6.45, 7) is 0. The van der Waals surface area contributed by atoms with Crippen LogP contribution in [0, 0.1) is 0 Å². The van der Waals surface area contributed by atoms with Gasteiger partial charge >= 0.3 is 0 Å². The molecule has 2 nitrogen and oxygen atoms in total. The summed E-state index contributed by atoms with van der Waals surface area (Å²) in [7, 11) is 0. The zero-order valence-corrected chi connectivity index (χ0v) is 25.5. The highest BCUT2D eigenvalue weighted by molar-refractivity contribution is 7.99. The summed E-state index contributed by atoms with van der Waals surface area (Å²) < 4.78 is 0. The van der Waals surface area contributed by atoms with E-state index in [0.717, 1.165) is 46.2 Å². The Morgan fingerprint density at radius 3 is 1.23 bits per heavy atom. The summed E-state index contributed by atoms with van der Waals surface area (Å²) in [6.07, 6.45) is 1.63. The Labute approximate surface area is 266 Å². The fourth-order valence-corrected chi connectivity index (χ4v) is 7.93. The van der Waals surface area contributed by atoms with Gasteiger partial charge in [0.2, 0.25) is 0 Å². The van der Waals surface area contributed by atoms with Gasteiger partial charge < -0.3 is 0 Å². The zero-order valence-electron chi connectivity index (χ0n) is 23.9. The third-order valence-corrected chi connectivity index (χ3v) is 10.4. The van der Waals surface area contributed by atoms with E-state index in [4.69, 9.17) is 0 Å². The largest absolute Gasteiger partial charge is 0.289 e. The van der Waals surface area contributed by atoms with E-state index >= 15 is 0 Å². The Balaban J connectivity index is 0.000000187. The Bertz CT molecular complexity index is 1860. The van der Waals surface area contributed by atoms with E-state index in [-0.39, 0.29) is 11.6 Å². The summed E-state index contributed by atoms with van der Waals surface area (Å²) in [4.78, 5) is 30.6. The van der Waals surface area contributed by atoms with Crippen molar-refractivity contribution in [1.82, 2.24) is 0 Å². The van der Waals surface area contributed by atoms with Crippen LogP contribution in [0.25, 0.3) is 0 Å². The van der Waals surface area contributed by atoms with Crippen molar-refractivity contribution in [1.29, 1.82) is 0 Å². The first-order valence-corrected chi connectivity index (χ1v) is 16.2. The number of fused-ring (bicyclic) bond motifs is 4. The summed E-state index contributed by atoms with van der Waals surface area (Å²) in [5.74, 6) is 0.217. The highest BCUT2D eigenvalue weighted by Crippen LogP contribution is 2.43. The van der Waals surface area contributed by atoms with Gasteiger partial charge in [-0.1, -0.05) is 145 Å². The maximum Gasteiger partial charge on any atom is 0.193 e. The molecule has 0 unspecified atom stereocenters. The molecule has 4 heteroatoms. The van der Waals surface area contributed by atoms with E-state index < -0.39 is 0 Å². The quantitative estimate of drug-likeness (QED) is 0.187. The molecule has 0 spiro atoms. The van der Waals surface area contributed by atoms with Gasteiger partial charge in [0.1, 0.15) is 0 Å². The Morgan fingerprint density at radius 2 is 0.773 bits per heavy atom. The molecule has 2 heterocycles. The molecule has 8 rings (SSSR count). The smallest absolute Gasteiger partial charge is 0.193 e. The Morgan fingerprint density at radius 1 is 0.386 bits per heavy atom. The van der Waals surface area contributed by atoms with Gasteiger partial charge in [0.15, 0.2) is 11.6 Å². The van der Waals surface area contributed by atoms with E-state index in [9.17, 15) is 9.59 Å². The molecule has 0 bridgehead atoms. The maximum atomic E-state index is 13.8. The summed E-state index contributed by atoms with van der Waals surface area (Å²) in [5.41, 5.74) is 8.07. The fraction of sp³-hybridized carbons (Fsp3) is 0.0500. The average Bonchev–Trinajstić information content (AvgIpc) is 3.09. The predicted molar refractivity (Wildman–Crippen MR) is 179 cm³/mol. The van der Waals surface area contributed by atoms with Crippen molar-refractivity contribution in [2.75, 3.05) is 0 Å². The number of hydrogen-bond acceptors (Lipinski definition) is 4. The van der Waals surface area contributed by atoms with Crippen LogP contribution >= 0.6 is 23.5 Å². The third-order valence-electron chi connectivity index (χ3n) is 7.95. The summed E-state index contributed by atoms with van der Waals surface area (Å²) in [5, 5.41) is 0. The summed E-state index contributed by atoms with van der Waals surface area (Å²) in [6, 6.07) is 47.9. The minimum atomic E-state index is 0.0752. The van der Waals surface area contributed by atoms with Gasteiger partial charge in [-0.15, -0.1) is 0 Å². The second-order valence-corrected chi connectivity index (χ2v) is 12.9. The molecular weight excluding hydrogens is 577 g/mol. The van der Waals surface area contributed by atoms with Crippen LogP contribution in [0.3, 0.4) is 0 Å². The molecule has 6 aromatic carbocycles. The van der Waals surface area contributed by atoms with Crippen molar-refractivity contribution < 1.29 is 9.59 Å². The molecule has 0 N–H and O–H groups in total. The molecular formula is C40H28O2S2. The van der Waals surface area contributed by atoms with Gasteiger partial charge in [-0.05, 0) is 46.5 Å². The van der Waals surface area contributed by atoms with Crippen molar-refractivity contribution in [3.63, 3.8) is 0 Å². The molecule has 0 saturated carbocycles. The normalized spacial score (nSPS) is 12.4. The number of carbonyl (C=O) groups excluding carboxylic acids is 2. The molecule has 0 amide bonds. The SMILES string of the molecule is O=C(c1cccc2c1Cc1ccccc1S2)c1cccc2c1Cc1ccccc1S2.O=C(c1ccccc1)c1ccccc1.